The van der Waals surface area contributed by atoms with Gasteiger partial charge in [0.15, 0.2) is 5.65 Å². The van der Waals surface area contributed by atoms with Gasteiger partial charge in [-0.05, 0) is 49.3 Å². The molecule has 45 heavy (non-hydrogen) atoms. The van der Waals surface area contributed by atoms with Crippen LogP contribution in [0.5, 0.6) is 5.75 Å². The molecule has 2 aliphatic heterocycles. The number of thioether (sulfide) groups is 1. The van der Waals surface area contributed by atoms with E-state index in [2.05, 4.69) is 25.4 Å². The number of hydrogen-bond acceptors (Lipinski definition) is 9. The van der Waals surface area contributed by atoms with Crippen molar-refractivity contribution in [3.05, 3.63) is 54.6 Å². The zero-order valence-corrected chi connectivity index (χ0v) is 25.6. The first kappa shape index (κ1) is 30.9. The van der Waals surface area contributed by atoms with Gasteiger partial charge in [0, 0.05) is 75.0 Å². The summed E-state index contributed by atoms with van der Waals surface area (Å²) >= 11 is 1.42. The number of benzene rings is 1. The first-order chi connectivity index (χ1) is 21.9. The molecule has 12 nitrogen and oxygen atoms in total. The number of carbonyl (C=O) groups excluding carboxylic acids is 2. The van der Waals surface area contributed by atoms with E-state index >= 15 is 0 Å². The maximum absolute atomic E-state index is 13.4. The number of hydrogen-bond donors (Lipinski definition) is 1. The average molecular weight is 641 g/mol. The van der Waals surface area contributed by atoms with E-state index in [1.165, 1.54) is 39.4 Å². The number of nitrogens with zero attached hydrogens (tertiary/aromatic N) is 7. The van der Waals surface area contributed by atoms with Gasteiger partial charge < -0.3 is 19.7 Å². The fourth-order valence-electron chi connectivity index (χ4n) is 5.70. The number of rotatable bonds is 10. The Morgan fingerprint density at radius 3 is 2.73 bits per heavy atom. The lowest BCUT2D eigenvalue weighted by Crippen LogP contribution is -2.50. The second-order valence-corrected chi connectivity index (χ2v) is 11.8. The molecule has 0 bridgehead atoms. The van der Waals surface area contributed by atoms with Crippen LogP contribution >= 0.6 is 11.8 Å². The van der Waals surface area contributed by atoms with Crippen LogP contribution in [0.2, 0.25) is 0 Å². The van der Waals surface area contributed by atoms with Crippen molar-refractivity contribution in [2.45, 2.75) is 30.9 Å². The summed E-state index contributed by atoms with van der Waals surface area (Å²) < 4.78 is 40.0. The second kappa shape index (κ2) is 13.9. The highest BCUT2D eigenvalue weighted by Gasteiger charge is 2.26. The van der Waals surface area contributed by atoms with Gasteiger partial charge in [-0.25, -0.2) is 9.50 Å². The summed E-state index contributed by atoms with van der Waals surface area (Å²) in [6, 6.07) is 6.46. The maximum atomic E-state index is 13.4. The Bertz CT molecular complexity index is 1650. The van der Waals surface area contributed by atoms with Gasteiger partial charge >= 0.3 is 6.61 Å². The van der Waals surface area contributed by atoms with Gasteiger partial charge in [-0.1, -0.05) is 0 Å². The number of alkyl halides is 2. The zero-order chi connectivity index (χ0) is 31.3. The summed E-state index contributed by atoms with van der Waals surface area (Å²) in [5, 5.41) is 11.6. The number of carbonyl (C=O) groups is 2. The summed E-state index contributed by atoms with van der Waals surface area (Å²) in [7, 11) is 0. The van der Waals surface area contributed by atoms with Crippen LogP contribution in [-0.4, -0.2) is 105 Å². The summed E-state index contributed by atoms with van der Waals surface area (Å²) in [5.74, 6) is -0.124. The van der Waals surface area contributed by atoms with Crippen molar-refractivity contribution in [2.24, 2.45) is 5.92 Å². The molecule has 4 aromatic rings. The highest BCUT2D eigenvalue weighted by Crippen LogP contribution is 2.38. The van der Waals surface area contributed by atoms with Crippen LogP contribution in [0.3, 0.4) is 0 Å². The van der Waals surface area contributed by atoms with Gasteiger partial charge in [0.2, 0.25) is 5.91 Å². The van der Waals surface area contributed by atoms with Gasteiger partial charge in [-0.15, -0.1) is 11.8 Å². The lowest BCUT2D eigenvalue weighted by molar-refractivity contribution is -0.133. The number of piperazine rings is 1. The monoisotopic (exact) mass is 640 g/mol. The van der Waals surface area contributed by atoms with E-state index in [1.807, 2.05) is 11.2 Å². The van der Waals surface area contributed by atoms with Gasteiger partial charge in [0.1, 0.15) is 23.6 Å². The predicted octanol–water partition coefficient (Wildman–Crippen LogP) is 3.74. The Morgan fingerprint density at radius 1 is 1.18 bits per heavy atom. The Kier molecular flexibility index (Phi) is 9.56. The largest absolute Gasteiger partial charge is 0.434 e. The molecule has 2 saturated heterocycles. The highest BCUT2D eigenvalue weighted by atomic mass is 32.2. The van der Waals surface area contributed by atoms with Crippen LogP contribution < -0.4 is 10.1 Å². The third-order valence-corrected chi connectivity index (χ3v) is 8.80. The van der Waals surface area contributed by atoms with Gasteiger partial charge in [0.25, 0.3) is 5.91 Å². The SMILES string of the molecule is CSc1ccc(OC(F)F)c(-c2nn(CC(=O)N3CCN(CC4CCOCC4)CC3)cc2NC(=O)c2cnn3cccnc23)c1. The zero-order valence-electron chi connectivity index (χ0n) is 24.8. The Balaban J connectivity index is 1.23. The topological polar surface area (TPSA) is 119 Å². The van der Waals surface area contributed by atoms with E-state index in [4.69, 9.17) is 9.47 Å². The summed E-state index contributed by atoms with van der Waals surface area (Å²) in [4.78, 5) is 36.0. The van der Waals surface area contributed by atoms with E-state index in [0.29, 0.717) is 24.7 Å². The number of halogens is 2. The number of aromatic nitrogens is 5. The minimum atomic E-state index is -3.07. The van der Waals surface area contributed by atoms with Crippen LogP contribution in [0.25, 0.3) is 16.9 Å². The standard InChI is InChI=1S/C30H34F2N8O4S/c1-45-21-3-4-25(44-30(31)32)22(15-21)27-24(35-29(42)23-16-34-40-8-2-7-33-28(23)40)18-39(36-27)19-26(41)38-11-9-37(10-12-38)17-20-5-13-43-14-6-20/h2-4,7-8,15-16,18,20,30H,5-6,9-14,17,19H2,1H3,(H,35,42). The molecule has 0 spiro atoms. The smallest absolute Gasteiger partial charge is 0.387 e. The third-order valence-electron chi connectivity index (χ3n) is 8.07. The molecule has 6 rings (SSSR count). The molecule has 1 N–H and O–H groups in total. The Hall–Kier alpha value is -4.08. The predicted molar refractivity (Wildman–Crippen MR) is 164 cm³/mol. The van der Waals surface area contributed by atoms with E-state index in [1.54, 1.807) is 30.6 Å². The molecule has 0 atom stereocenters. The summed E-state index contributed by atoms with van der Waals surface area (Å²) in [5.41, 5.74) is 1.23. The average Bonchev–Trinajstić information content (AvgIpc) is 3.66. The number of ether oxygens (including phenoxy) is 2. The van der Waals surface area contributed by atoms with Crippen molar-refractivity contribution < 1.29 is 27.8 Å². The lowest BCUT2D eigenvalue weighted by Gasteiger charge is -2.37. The van der Waals surface area contributed by atoms with Crippen molar-refractivity contribution >= 4 is 34.9 Å². The van der Waals surface area contributed by atoms with Crippen LogP contribution in [0, 0.1) is 5.92 Å². The van der Waals surface area contributed by atoms with Gasteiger partial charge in [-0.3, -0.25) is 19.2 Å². The molecule has 0 unspecified atom stereocenters. The lowest BCUT2D eigenvalue weighted by atomic mass is 9.99. The Labute approximate surface area is 262 Å². The van der Waals surface area contributed by atoms with Crippen molar-refractivity contribution in [3.63, 3.8) is 0 Å². The van der Waals surface area contributed by atoms with Crippen LogP contribution in [-0.2, 0) is 16.1 Å². The minimum absolute atomic E-state index is 0.0889. The second-order valence-electron chi connectivity index (χ2n) is 11.0. The first-order valence-corrected chi connectivity index (χ1v) is 16.0. The van der Waals surface area contributed by atoms with E-state index in [0.717, 1.165) is 50.6 Å². The first-order valence-electron chi connectivity index (χ1n) is 14.8. The fourth-order valence-corrected chi connectivity index (χ4v) is 6.14. The normalized spacial score (nSPS) is 16.4. The number of fused-ring (bicyclic) bond motifs is 1. The van der Waals surface area contributed by atoms with Crippen LogP contribution in [0.4, 0.5) is 14.5 Å². The minimum Gasteiger partial charge on any atom is -0.434 e. The van der Waals surface area contributed by atoms with Crippen LogP contribution in [0.1, 0.15) is 23.2 Å². The van der Waals surface area contributed by atoms with Crippen molar-refractivity contribution in [2.75, 3.05) is 57.5 Å². The highest BCUT2D eigenvalue weighted by molar-refractivity contribution is 7.98. The van der Waals surface area contributed by atoms with Crippen molar-refractivity contribution in [1.29, 1.82) is 0 Å². The molecule has 0 saturated carbocycles. The number of nitrogens with one attached hydrogen (secondary N) is 1. The number of anilines is 1. The molecule has 238 valence electrons. The Morgan fingerprint density at radius 2 is 1.98 bits per heavy atom. The molecular formula is C30H34F2N8O4S. The third kappa shape index (κ3) is 7.26. The number of amides is 2. The van der Waals surface area contributed by atoms with Gasteiger partial charge in [-0.2, -0.15) is 19.0 Å². The molecule has 2 aliphatic rings. The van der Waals surface area contributed by atoms with E-state index in [9.17, 15) is 18.4 Å². The quantitative estimate of drug-likeness (QED) is 0.259. The molecule has 15 heteroatoms. The van der Waals surface area contributed by atoms with Crippen molar-refractivity contribution in [3.8, 4) is 17.0 Å². The molecular weight excluding hydrogens is 606 g/mol. The molecule has 0 radical (unpaired) electrons. The van der Waals surface area contributed by atoms with E-state index < -0.39 is 12.5 Å². The molecule has 3 aromatic heterocycles. The summed E-state index contributed by atoms with van der Waals surface area (Å²) in [6.07, 6.45) is 10.1. The van der Waals surface area contributed by atoms with Crippen molar-refractivity contribution in [1.82, 2.24) is 34.2 Å². The molecule has 2 amide bonds. The van der Waals surface area contributed by atoms with E-state index in [-0.39, 0.29) is 40.7 Å². The maximum Gasteiger partial charge on any atom is 0.387 e. The van der Waals surface area contributed by atoms with Crippen LogP contribution in [0.15, 0.2) is 53.9 Å². The molecule has 0 aliphatic carbocycles. The molecule has 2 fully saturated rings. The molecule has 1 aromatic carbocycles. The fraction of sp³-hybridized carbons (Fsp3) is 0.433. The molecule has 5 heterocycles. The van der Waals surface area contributed by atoms with Gasteiger partial charge in [0.05, 0.1) is 11.9 Å². The summed E-state index contributed by atoms with van der Waals surface area (Å²) in [6.45, 7) is 2.26.